The molecule has 10 heteroatoms. The van der Waals surface area contributed by atoms with Gasteiger partial charge in [0.25, 0.3) is 11.5 Å². The van der Waals surface area contributed by atoms with E-state index in [0.29, 0.717) is 37.1 Å². The van der Waals surface area contributed by atoms with Crippen LogP contribution in [0.2, 0.25) is 0 Å². The van der Waals surface area contributed by atoms with Crippen LogP contribution in [0.3, 0.4) is 0 Å². The number of fused-ring (bicyclic) bond motifs is 3. The molecule has 2 aliphatic rings. The lowest BCUT2D eigenvalue weighted by Gasteiger charge is -2.34. The van der Waals surface area contributed by atoms with Crippen LogP contribution >= 0.6 is 23.1 Å². The van der Waals surface area contributed by atoms with Crippen LogP contribution in [0, 0.1) is 6.92 Å². The van der Waals surface area contributed by atoms with Crippen LogP contribution < -0.4 is 5.56 Å². The van der Waals surface area contributed by atoms with Gasteiger partial charge in [-0.1, -0.05) is 36.4 Å². The highest BCUT2D eigenvalue weighted by Gasteiger charge is 2.27. The van der Waals surface area contributed by atoms with E-state index < -0.39 is 0 Å². The first-order valence-electron chi connectivity index (χ1n) is 13.4. The van der Waals surface area contributed by atoms with Crippen molar-refractivity contribution in [3.63, 3.8) is 0 Å². The Morgan fingerprint density at radius 1 is 1.00 bits per heavy atom. The fourth-order valence-electron chi connectivity index (χ4n) is 5.42. The zero-order valence-corrected chi connectivity index (χ0v) is 23.5. The molecule has 4 aromatic rings. The average Bonchev–Trinajstić information content (AvgIpc) is 3.55. The summed E-state index contributed by atoms with van der Waals surface area (Å²) in [5.41, 5.74) is 2.90. The highest BCUT2D eigenvalue weighted by molar-refractivity contribution is 7.99. The number of amides is 2. The second-order valence-electron chi connectivity index (χ2n) is 10.0. The minimum Gasteiger partial charge on any atom is -0.459 e. The Hall–Kier alpha value is -3.37. The normalized spacial score (nSPS) is 15.8. The molecule has 0 saturated carbocycles. The third-order valence-electron chi connectivity index (χ3n) is 7.54. The van der Waals surface area contributed by atoms with Crippen molar-refractivity contribution in [2.75, 3.05) is 31.9 Å². The van der Waals surface area contributed by atoms with Gasteiger partial charge in [0, 0.05) is 31.1 Å². The zero-order valence-electron chi connectivity index (χ0n) is 21.9. The Morgan fingerprint density at radius 3 is 2.54 bits per heavy atom. The van der Waals surface area contributed by atoms with Gasteiger partial charge in [0.1, 0.15) is 4.83 Å². The number of para-hydroxylation sites is 1. The van der Waals surface area contributed by atoms with Crippen LogP contribution in [-0.2, 0) is 17.6 Å². The maximum Gasteiger partial charge on any atom is 0.289 e. The van der Waals surface area contributed by atoms with Gasteiger partial charge in [-0.3, -0.25) is 19.0 Å². The van der Waals surface area contributed by atoms with Crippen LogP contribution in [0.5, 0.6) is 0 Å². The molecule has 202 valence electrons. The van der Waals surface area contributed by atoms with Gasteiger partial charge in [-0.05, 0) is 61.9 Å². The Kier molecular flexibility index (Phi) is 7.31. The van der Waals surface area contributed by atoms with Crippen molar-refractivity contribution in [1.82, 2.24) is 19.4 Å². The Bertz CT molecular complexity index is 1580. The number of furan rings is 1. The van der Waals surface area contributed by atoms with E-state index in [1.165, 1.54) is 34.9 Å². The smallest absolute Gasteiger partial charge is 0.289 e. The highest BCUT2D eigenvalue weighted by Crippen LogP contribution is 2.35. The summed E-state index contributed by atoms with van der Waals surface area (Å²) in [5, 5.41) is 1.28. The van der Waals surface area contributed by atoms with Crippen molar-refractivity contribution in [3.8, 4) is 5.69 Å². The number of aryl methyl sites for hydroxylation is 3. The number of hydrogen-bond acceptors (Lipinski definition) is 7. The molecule has 0 radical (unpaired) electrons. The summed E-state index contributed by atoms with van der Waals surface area (Å²) in [4.78, 5) is 50.4. The molecule has 0 unspecified atom stereocenters. The summed E-state index contributed by atoms with van der Waals surface area (Å²) in [7, 11) is 0. The van der Waals surface area contributed by atoms with E-state index in [-0.39, 0.29) is 23.1 Å². The van der Waals surface area contributed by atoms with Gasteiger partial charge >= 0.3 is 0 Å². The summed E-state index contributed by atoms with van der Waals surface area (Å²) < 4.78 is 6.93. The number of hydrogen-bond donors (Lipinski definition) is 0. The summed E-state index contributed by atoms with van der Waals surface area (Å²) >= 11 is 2.94. The number of thioether (sulfide) groups is 1. The Labute approximate surface area is 234 Å². The fraction of sp³-hybridized carbons (Fsp3) is 0.379. The Balaban J connectivity index is 1.25. The molecule has 1 aromatic carbocycles. The van der Waals surface area contributed by atoms with Crippen LogP contribution in [-0.4, -0.2) is 63.1 Å². The maximum absolute atomic E-state index is 14.1. The minimum absolute atomic E-state index is 0.0299. The van der Waals surface area contributed by atoms with Gasteiger partial charge in [-0.15, -0.1) is 11.3 Å². The maximum atomic E-state index is 14.1. The van der Waals surface area contributed by atoms with E-state index >= 15 is 0 Å². The van der Waals surface area contributed by atoms with E-state index in [9.17, 15) is 14.4 Å². The number of nitrogens with zero attached hydrogens (tertiary/aromatic N) is 4. The van der Waals surface area contributed by atoms with E-state index in [1.54, 1.807) is 37.8 Å². The van der Waals surface area contributed by atoms with E-state index in [0.717, 1.165) is 47.2 Å². The van der Waals surface area contributed by atoms with Gasteiger partial charge in [0.2, 0.25) is 5.91 Å². The highest BCUT2D eigenvalue weighted by atomic mass is 32.2. The van der Waals surface area contributed by atoms with Crippen LogP contribution in [0.15, 0.2) is 57.0 Å². The average molecular weight is 563 g/mol. The van der Waals surface area contributed by atoms with Crippen molar-refractivity contribution < 1.29 is 14.0 Å². The van der Waals surface area contributed by atoms with Crippen LogP contribution in [0.25, 0.3) is 15.9 Å². The molecule has 6 rings (SSSR count). The van der Waals surface area contributed by atoms with Gasteiger partial charge in [-0.25, -0.2) is 4.98 Å². The minimum atomic E-state index is -0.157. The number of thiophene rings is 1. The van der Waals surface area contributed by atoms with Gasteiger partial charge in [0.05, 0.1) is 23.1 Å². The molecule has 1 saturated heterocycles. The lowest BCUT2D eigenvalue weighted by atomic mass is 10.1. The molecule has 0 N–H and O–H groups in total. The van der Waals surface area contributed by atoms with Crippen molar-refractivity contribution in [3.05, 3.63) is 74.8 Å². The molecule has 0 spiro atoms. The third-order valence-corrected chi connectivity index (χ3v) is 9.65. The first kappa shape index (κ1) is 25.9. The molecular formula is C29H30N4O4S2. The molecule has 0 atom stereocenters. The van der Waals surface area contributed by atoms with Gasteiger partial charge in [-0.2, -0.15) is 0 Å². The largest absolute Gasteiger partial charge is 0.459 e. The molecule has 1 aliphatic carbocycles. The number of carbonyl (C=O) groups excluding carboxylic acids is 2. The van der Waals surface area contributed by atoms with E-state index in [4.69, 9.17) is 9.40 Å². The lowest BCUT2D eigenvalue weighted by molar-refractivity contribution is -0.129. The summed E-state index contributed by atoms with van der Waals surface area (Å²) in [5.74, 6) is 0.293. The number of piperazine rings is 1. The summed E-state index contributed by atoms with van der Waals surface area (Å²) in [6.07, 6.45) is 6.81. The topological polar surface area (TPSA) is 88.7 Å². The molecule has 2 amide bonds. The lowest BCUT2D eigenvalue weighted by Crippen LogP contribution is -2.51. The molecular weight excluding hydrogens is 532 g/mol. The van der Waals surface area contributed by atoms with Gasteiger partial charge < -0.3 is 14.2 Å². The Morgan fingerprint density at radius 2 is 1.77 bits per heavy atom. The monoisotopic (exact) mass is 562 g/mol. The van der Waals surface area contributed by atoms with Crippen molar-refractivity contribution in [2.24, 2.45) is 0 Å². The molecule has 0 bridgehead atoms. The summed E-state index contributed by atoms with van der Waals surface area (Å²) in [6.45, 7) is 3.81. The van der Waals surface area contributed by atoms with E-state index in [2.05, 4.69) is 0 Å². The standard InChI is InChI=1S/C29H30N4O4S2/c1-19-8-5-6-10-21(19)33-28(36)25-20-9-3-2-4-12-23(20)39-26(25)30-29(33)38-18-24(34)31-13-15-32(16-14-31)27(35)22-11-7-17-37-22/h5-8,10-11,17H,2-4,9,12-16,18H2,1H3. The number of benzene rings is 1. The van der Waals surface area contributed by atoms with Crippen molar-refractivity contribution in [1.29, 1.82) is 0 Å². The first-order chi connectivity index (χ1) is 19.0. The summed E-state index contributed by atoms with van der Waals surface area (Å²) in [6, 6.07) is 11.2. The molecule has 1 aliphatic heterocycles. The molecule has 39 heavy (non-hydrogen) atoms. The predicted octanol–water partition coefficient (Wildman–Crippen LogP) is 4.69. The van der Waals surface area contributed by atoms with Crippen LogP contribution in [0.4, 0.5) is 0 Å². The van der Waals surface area contributed by atoms with Crippen molar-refractivity contribution >= 4 is 45.1 Å². The molecule has 1 fully saturated rings. The second kappa shape index (κ2) is 11.0. The first-order valence-corrected chi connectivity index (χ1v) is 15.2. The zero-order chi connectivity index (χ0) is 26.9. The quantitative estimate of drug-likeness (QED) is 0.199. The molecule has 4 heterocycles. The second-order valence-corrected chi connectivity index (χ2v) is 12.0. The SMILES string of the molecule is Cc1ccccc1-n1c(SCC(=O)N2CCN(C(=O)c3ccco3)CC2)nc2sc3c(c2c1=O)CCCCC3. The molecule has 3 aromatic heterocycles. The predicted molar refractivity (Wildman–Crippen MR) is 153 cm³/mol. The number of carbonyl (C=O) groups is 2. The van der Waals surface area contributed by atoms with Gasteiger partial charge in [0.15, 0.2) is 10.9 Å². The van der Waals surface area contributed by atoms with Crippen molar-refractivity contribution in [2.45, 2.75) is 44.2 Å². The third kappa shape index (κ3) is 5.03. The van der Waals surface area contributed by atoms with E-state index in [1.807, 2.05) is 31.2 Å². The number of aromatic nitrogens is 2. The number of rotatable bonds is 5. The molecule has 8 nitrogen and oxygen atoms in total. The van der Waals surface area contributed by atoms with Crippen LogP contribution in [0.1, 0.15) is 45.8 Å². The fourth-order valence-corrected chi connectivity index (χ4v) is 7.63.